The molecule has 0 amide bonds. The Morgan fingerprint density at radius 3 is 2.63 bits per heavy atom. The average Bonchev–Trinajstić information content (AvgIpc) is 3.06. The fourth-order valence-electron chi connectivity index (χ4n) is 8.28. The molecule has 0 bridgehead atoms. The molecule has 0 aliphatic heterocycles. The van der Waals surface area contributed by atoms with Crippen molar-refractivity contribution in [3.63, 3.8) is 0 Å². The highest BCUT2D eigenvalue weighted by molar-refractivity contribution is 5.84. The van der Waals surface area contributed by atoms with E-state index in [0.29, 0.717) is 35.9 Å². The van der Waals surface area contributed by atoms with Crippen molar-refractivity contribution in [3.8, 4) is 0 Å². The Kier molecular flexibility index (Phi) is 5.31. The van der Waals surface area contributed by atoms with Gasteiger partial charge in [-0.25, -0.2) is 0 Å². The van der Waals surface area contributed by atoms with Gasteiger partial charge >= 0.3 is 0 Å². The van der Waals surface area contributed by atoms with Gasteiger partial charge in [0, 0.05) is 12.5 Å². The molecule has 3 unspecified atom stereocenters. The predicted octanol–water partition coefficient (Wildman–Crippen LogP) is 5.39. The van der Waals surface area contributed by atoms with Gasteiger partial charge in [0.15, 0.2) is 0 Å². The van der Waals surface area contributed by atoms with Gasteiger partial charge in [-0.1, -0.05) is 13.0 Å². The summed E-state index contributed by atoms with van der Waals surface area (Å²) in [7, 11) is 1.71. The highest BCUT2D eigenvalue weighted by Gasteiger charge is 2.62. The molecule has 3 heteroatoms. The van der Waals surface area contributed by atoms with Crippen LogP contribution >= 0.6 is 0 Å². The van der Waals surface area contributed by atoms with Gasteiger partial charge in [0.1, 0.15) is 12.6 Å². The van der Waals surface area contributed by atoms with Gasteiger partial charge in [-0.05, 0) is 99.7 Å². The summed E-state index contributed by atoms with van der Waals surface area (Å²) in [5.74, 6) is 3.75. The number of carbonyl (C=O) groups is 1. The molecule has 0 N–H and O–H groups in total. The maximum atomic E-state index is 12.9. The maximum absolute atomic E-state index is 12.9. The summed E-state index contributed by atoms with van der Waals surface area (Å²) in [6.07, 6.45) is 13.5. The van der Waals surface area contributed by atoms with E-state index < -0.39 is 0 Å². The highest BCUT2D eigenvalue weighted by atomic mass is 16.7. The molecule has 0 heterocycles. The minimum absolute atomic E-state index is 0.0924. The summed E-state index contributed by atoms with van der Waals surface area (Å²) in [5.41, 5.74) is 0.343. The van der Waals surface area contributed by atoms with Crippen LogP contribution in [0.15, 0.2) is 12.7 Å². The van der Waals surface area contributed by atoms with Crippen LogP contribution in [0.25, 0.3) is 0 Å². The van der Waals surface area contributed by atoms with E-state index in [9.17, 15) is 4.79 Å². The molecule has 3 nitrogen and oxygen atoms in total. The average molecular weight is 375 g/mol. The summed E-state index contributed by atoms with van der Waals surface area (Å²) in [5, 5.41) is 0. The number of ketones is 1. The first-order valence-corrected chi connectivity index (χ1v) is 11.2. The monoisotopic (exact) mass is 374 g/mol. The van der Waals surface area contributed by atoms with Crippen molar-refractivity contribution < 1.29 is 14.3 Å². The molecule has 0 radical (unpaired) electrons. The summed E-state index contributed by atoms with van der Waals surface area (Å²) in [6.45, 7) is 8.96. The number of allylic oxidation sites excluding steroid dienone is 1. The molecular weight excluding hydrogens is 336 g/mol. The van der Waals surface area contributed by atoms with Crippen LogP contribution in [0.4, 0.5) is 0 Å². The lowest BCUT2D eigenvalue weighted by atomic mass is 9.44. The van der Waals surface area contributed by atoms with Gasteiger partial charge in [-0.3, -0.25) is 4.79 Å². The smallest absolute Gasteiger partial charge is 0.146 e. The summed E-state index contributed by atoms with van der Waals surface area (Å²) in [6, 6.07) is 0. The molecule has 4 aliphatic rings. The van der Waals surface area contributed by atoms with Crippen LogP contribution in [0, 0.1) is 40.4 Å². The third kappa shape index (κ3) is 2.87. The van der Waals surface area contributed by atoms with E-state index in [1.807, 2.05) is 6.92 Å². The second-order valence-electron chi connectivity index (χ2n) is 10.2. The zero-order valence-corrected chi connectivity index (χ0v) is 17.5. The lowest BCUT2D eigenvalue weighted by molar-refractivity contribution is -0.161. The Hall–Kier alpha value is -0.670. The molecule has 0 aromatic heterocycles. The zero-order chi connectivity index (χ0) is 19.2. The minimum atomic E-state index is -0.0924. The van der Waals surface area contributed by atoms with Gasteiger partial charge < -0.3 is 9.47 Å². The minimum Gasteiger partial charge on any atom is -0.359 e. The molecular formula is C24H38O3. The predicted molar refractivity (Wildman–Crippen MR) is 107 cm³/mol. The van der Waals surface area contributed by atoms with E-state index in [1.165, 1.54) is 44.9 Å². The standard InChI is InChI=1S/C24H38O3/c1-5-17-7-9-22-20-8-6-18-14-19(27-15-26-4)10-12-23(18,3)21(20)11-13-24(17,22)16(2)25/h5,17-22H,1,6-15H2,2-4H3/t17-,18-,19+,20?,21?,22?,23-,24+/m0/s1. The molecule has 4 fully saturated rings. The lowest BCUT2D eigenvalue weighted by Gasteiger charge is -2.61. The quantitative estimate of drug-likeness (QED) is 0.478. The van der Waals surface area contributed by atoms with Crippen molar-refractivity contribution in [2.75, 3.05) is 13.9 Å². The van der Waals surface area contributed by atoms with Crippen molar-refractivity contribution in [1.29, 1.82) is 0 Å². The van der Waals surface area contributed by atoms with E-state index in [4.69, 9.17) is 9.47 Å². The molecule has 0 spiro atoms. The molecule has 0 aromatic rings. The Balaban J connectivity index is 1.56. The maximum Gasteiger partial charge on any atom is 0.146 e. The SMILES string of the molecule is C=C[C@H]1CCC2C3CC[C@H]4C[C@H](OCOC)CC[C@]4(C)C3CC[C@]21C(C)=O. The Morgan fingerprint density at radius 2 is 1.93 bits per heavy atom. The first kappa shape index (κ1) is 19.6. The lowest BCUT2D eigenvalue weighted by Crippen LogP contribution is -2.56. The van der Waals surface area contributed by atoms with E-state index in [0.717, 1.165) is 30.6 Å². The van der Waals surface area contributed by atoms with Gasteiger partial charge in [0.25, 0.3) is 0 Å². The van der Waals surface area contributed by atoms with Crippen LogP contribution in [0.5, 0.6) is 0 Å². The normalized spacial score (nSPS) is 49.0. The fourth-order valence-corrected chi connectivity index (χ4v) is 8.28. The third-order valence-electron chi connectivity index (χ3n) is 9.56. The van der Waals surface area contributed by atoms with Gasteiger partial charge in [0.2, 0.25) is 0 Å². The molecule has 8 atom stereocenters. The van der Waals surface area contributed by atoms with E-state index in [-0.39, 0.29) is 5.41 Å². The van der Waals surface area contributed by atoms with Crippen LogP contribution in [0.2, 0.25) is 0 Å². The van der Waals surface area contributed by atoms with Gasteiger partial charge in [0.05, 0.1) is 6.10 Å². The number of fused-ring (bicyclic) bond motifs is 5. The number of hydrogen-bond donors (Lipinski definition) is 0. The molecule has 27 heavy (non-hydrogen) atoms. The van der Waals surface area contributed by atoms with Gasteiger partial charge in [-0.15, -0.1) is 6.58 Å². The van der Waals surface area contributed by atoms with Crippen LogP contribution in [0.3, 0.4) is 0 Å². The van der Waals surface area contributed by atoms with E-state index in [2.05, 4.69) is 19.6 Å². The van der Waals surface area contributed by atoms with Crippen molar-refractivity contribution >= 4 is 5.78 Å². The van der Waals surface area contributed by atoms with E-state index in [1.54, 1.807) is 7.11 Å². The first-order valence-electron chi connectivity index (χ1n) is 11.2. The second-order valence-corrected chi connectivity index (χ2v) is 10.2. The Morgan fingerprint density at radius 1 is 1.11 bits per heavy atom. The topological polar surface area (TPSA) is 35.5 Å². The van der Waals surface area contributed by atoms with Crippen molar-refractivity contribution in [2.45, 2.75) is 77.7 Å². The number of rotatable bonds is 5. The molecule has 4 aliphatic carbocycles. The summed E-state index contributed by atoms with van der Waals surface area (Å²) >= 11 is 0. The van der Waals surface area contributed by atoms with Crippen LogP contribution < -0.4 is 0 Å². The van der Waals surface area contributed by atoms with Gasteiger partial charge in [-0.2, -0.15) is 0 Å². The molecule has 4 rings (SSSR count). The van der Waals surface area contributed by atoms with Crippen molar-refractivity contribution in [2.24, 2.45) is 40.4 Å². The van der Waals surface area contributed by atoms with Crippen LogP contribution in [-0.4, -0.2) is 25.8 Å². The first-order chi connectivity index (χ1) is 13.0. The molecule has 4 saturated carbocycles. The van der Waals surface area contributed by atoms with Crippen molar-refractivity contribution in [3.05, 3.63) is 12.7 Å². The van der Waals surface area contributed by atoms with Crippen LogP contribution in [0.1, 0.15) is 71.6 Å². The Labute approximate surface area is 165 Å². The summed E-state index contributed by atoms with van der Waals surface area (Å²) in [4.78, 5) is 12.9. The fraction of sp³-hybridized carbons (Fsp3) is 0.875. The number of carbonyl (C=O) groups excluding carboxylic acids is 1. The molecule has 0 aromatic carbocycles. The van der Waals surface area contributed by atoms with E-state index >= 15 is 0 Å². The third-order valence-corrected chi connectivity index (χ3v) is 9.56. The van der Waals surface area contributed by atoms with Crippen LogP contribution in [-0.2, 0) is 14.3 Å². The number of ether oxygens (including phenoxy) is 2. The number of hydrogen-bond acceptors (Lipinski definition) is 3. The number of Topliss-reactive ketones (excluding diaryl/α,β-unsaturated/α-hetero) is 1. The van der Waals surface area contributed by atoms with Crippen molar-refractivity contribution in [1.82, 2.24) is 0 Å². The molecule has 0 saturated heterocycles. The number of methoxy groups -OCH3 is 1. The Bertz CT molecular complexity index is 586. The highest BCUT2D eigenvalue weighted by Crippen LogP contribution is 2.68. The summed E-state index contributed by atoms with van der Waals surface area (Å²) < 4.78 is 11.1. The zero-order valence-electron chi connectivity index (χ0n) is 17.5. The molecule has 152 valence electrons. The largest absolute Gasteiger partial charge is 0.359 e. The second kappa shape index (κ2) is 7.30.